The molecule has 3 rings (SSSR count). The zero-order valence-corrected chi connectivity index (χ0v) is 17.8. The van der Waals surface area contributed by atoms with Crippen molar-refractivity contribution in [1.29, 1.82) is 0 Å². The highest BCUT2D eigenvalue weighted by molar-refractivity contribution is 5.89. The molecule has 0 atom stereocenters. The number of anilines is 1. The van der Waals surface area contributed by atoms with Gasteiger partial charge in [-0.1, -0.05) is 6.07 Å². The van der Waals surface area contributed by atoms with Crippen LogP contribution in [0.1, 0.15) is 42.6 Å². The second-order valence-electron chi connectivity index (χ2n) is 7.67. The fraction of sp³-hybridized carbons (Fsp3) is 0.571. The summed E-state index contributed by atoms with van der Waals surface area (Å²) in [6.45, 7) is 8.78. The first-order valence-corrected chi connectivity index (χ1v) is 10.2. The van der Waals surface area contributed by atoms with Crippen molar-refractivity contribution in [3.63, 3.8) is 0 Å². The lowest BCUT2D eigenvalue weighted by Crippen LogP contribution is -2.41. The minimum Gasteiger partial charge on any atom is -0.383 e. The Hall–Kier alpha value is -2.61. The number of nitrogens with zero attached hydrogens (tertiary/aromatic N) is 4. The van der Waals surface area contributed by atoms with Gasteiger partial charge < -0.3 is 15.0 Å². The van der Waals surface area contributed by atoms with Gasteiger partial charge in [-0.15, -0.1) is 0 Å². The lowest BCUT2D eigenvalue weighted by atomic mass is 9.96. The molecule has 0 saturated carbocycles. The van der Waals surface area contributed by atoms with Crippen molar-refractivity contribution in [3.05, 3.63) is 45.6 Å². The summed E-state index contributed by atoms with van der Waals surface area (Å²) in [5, 5.41) is 7.57. The minimum atomic E-state index is -0.0884. The Morgan fingerprint density at radius 1 is 1.21 bits per heavy atom. The SMILES string of the molecule is CCn1c(C2CCN(C(=O)Nc3cc(C)cc(C)c3)CC2)nn(CCOC)c1=O. The van der Waals surface area contributed by atoms with Gasteiger partial charge in [0.15, 0.2) is 0 Å². The van der Waals surface area contributed by atoms with Crippen LogP contribution in [0.2, 0.25) is 0 Å². The lowest BCUT2D eigenvalue weighted by molar-refractivity contribution is 0.181. The second kappa shape index (κ2) is 9.26. The van der Waals surface area contributed by atoms with Gasteiger partial charge in [0.25, 0.3) is 0 Å². The van der Waals surface area contributed by atoms with Crippen LogP contribution in [0.15, 0.2) is 23.0 Å². The zero-order chi connectivity index (χ0) is 21.0. The predicted octanol–water partition coefficient (Wildman–Crippen LogP) is 2.74. The summed E-state index contributed by atoms with van der Waals surface area (Å²) in [5.41, 5.74) is 2.99. The molecule has 0 aliphatic carbocycles. The van der Waals surface area contributed by atoms with E-state index in [1.807, 2.05) is 37.8 Å². The molecule has 1 aliphatic heterocycles. The van der Waals surface area contributed by atoms with E-state index in [4.69, 9.17) is 4.74 Å². The van der Waals surface area contributed by atoms with E-state index in [2.05, 4.69) is 16.5 Å². The number of aryl methyl sites for hydroxylation is 2. The number of methoxy groups -OCH3 is 1. The Morgan fingerprint density at radius 2 is 1.86 bits per heavy atom. The van der Waals surface area contributed by atoms with Crippen LogP contribution in [0.25, 0.3) is 0 Å². The normalized spacial score (nSPS) is 15.0. The topological polar surface area (TPSA) is 81.4 Å². The smallest absolute Gasteiger partial charge is 0.345 e. The second-order valence-corrected chi connectivity index (χ2v) is 7.67. The summed E-state index contributed by atoms with van der Waals surface area (Å²) in [6.07, 6.45) is 1.59. The monoisotopic (exact) mass is 401 g/mol. The highest BCUT2D eigenvalue weighted by atomic mass is 16.5. The molecule has 8 nitrogen and oxygen atoms in total. The van der Waals surface area contributed by atoms with Gasteiger partial charge in [-0.25, -0.2) is 14.3 Å². The number of carbonyl (C=O) groups is 1. The number of likely N-dealkylation sites (tertiary alicyclic amines) is 1. The fourth-order valence-corrected chi connectivity index (χ4v) is 3.97. The molecule has 1 aromatic carbocycles. The molecule has 0 bridgehead atoms. The maximum Gasteiger partial charge on any atom is 0.345 e. The number of urea groups is 1. The van der Waals surface area contributed by atoms with E-state index in [1.165, 1.54) is 4.68 Å². The first kappa shape index (κ1) is 21.1. The lowest BCUT2D eigenvalue weighted by Gasteiger charge is -2.31. The largest absolute Gasteiger partial charge is 0.383 e. The van der Waals surface area contributed by atoms with Crippen LogP contribution in [0.4, 0.5) is 10.5 Å². The molecule has 2 aromatic rings. The fourth-order valence-electron chi connectivity index (χ4n) is 3.97. The number of piperidine rings is 1. The summed E-state index contributed by atoms with van der Waals surface area (Å²) in [6, 6.07) is 5.96. The zero-order valence-electron chi connectivity index (χ0n) is 17.8. The van der Waals surface area contributed by atoms with Gasteiger partial charge in [-0.2, -0.15) is 5.10 Å². The number of aromatic nitrogens is 3. The Morgan fingerprint density at radius 3 is 2.45 bits per heavy atom. The van der Waals surface area contributed by atoms with Crippen molar-refractivity contribution in [3.8, 4) is 0 Å². The van der Waals surface area contributed by atoms with E-state index in [0.29, 0.717) is 32.8 Å². The summed E-state index contributed by atoms with van der Waals surface area (Å²) in [7, 11) is 1.61. The van der Waals surface area contributed by atoms with Crippen molar-refractivity contribution in [1.82, 2.24) is 19.2 Å². The van der Waals surface area contributed by atoms with Gasteiger partial charge in [0.1, 0.15) is 5.82 Å². The van der Waals surface area contributed by atoms with Crippen LogP contribution >= 0.6 is 0 Å². The molecule has 1 aromatic heterocycles. The molecular weight excluding hydrogens is 370 g/mol. The van der Waals surface area contributed by atoms with Gasteiger partial charge in [0, 0.05) is 38.3 Å². The number of hydrogen-bond donors (Lipinski definition) is 1. The molecule has 2 heterocycles. The third-order valence-electron chi connectivity index (χ3n) is 5.40. The van der Waals surface area contributed by atoms with E-state index < -0.39 is 0 Å². The third-order valence-corrected chi connectivity index (χ3v) is 5.40. The third kappa shape index (κ3) is 4.87. The first-order valence-electron chi connectivity index (χ1n) is 10.2. The van der Waals surface area contributed by atoms with Crippen molar-refractivity contribution >= 4 is 11.7 Å². The van der Waals surface area contributed by atoms with Gasteiger partial charge >= 0.3 is 11.7 Å². The number of benzene rings is 1. The van der Waals surface area contributed by atoms with Gasteiger partial charge in [-0.05, 0) is 56.9 Å². The number of ether oxygens (including phenoxy) is 1. The van der Waals surface area contributed by atoms with E-state index in [1.54, 1.807) is 11.7 Å². The quantitative estimate of drug-likeness (QED) is 0.807. The van der Waals surface area contributed by atoms with Gasteiger partial charge in [-0.3, -0.25) is 4.57 Å². The summed E-state index contributed by atoms with van der Waals surface area (Å²) in [4.78, 5) is 27.0. The number of nitrogens with one attached hydrogen (secondary N) is 1. The maximum atomic E-state index is 12.7. The van der Waals surface area contributed by atoms with Crippen molar-refractivity contribution < 1.29 is 9.53 Å². The van der Waals surface area contributed by atoms with Crippen LogP contribution in [-0.4, -0.2) is 52.1 Å². The molecule has 1 fully saturated rings. The van der Waals surface area contributed by atoms with E-state index in [9.17, 15) is 9.59 Å². The van der Waals surface area contributed by atoms with E-state index >= 15 is 0 Å². The van der Waals surface area contributed by atoms with Crippen LogP contribution in [0.3, 0.4) is 0 Å². The average molecular weight is 402 g/mol. The molecule has 1 aliphatic rings. The Kier molecular flexibility index (Phi) is 6.74. The molecule has 1 N–H and O–H groups in total. The summed E-state index contributed by atoms with van der Waals surface area (Å²) >= 11 is 0. The molecule has 8 heteroatoms. The molecule has 158 valence electrons. The Bertz CT molecular complexity index is 889. The average Bonchev–Trinajstić information content (AvgIpc) is 3.01. The Balaban J connectivity index is 1.64. The maximum absolute atomic E-state index is 12.7. The van der Waals surface area contributed by atoms with E-state index in [-0.39, 0.29) is 17.6 Å². The van der Waals surface area contributed by atoms with Crippen LogP contribution in [-0.2, 0) is 17.8 Å². The number of hydrogen-bond acceptors (Lipinski definition) is 4. The minimum absolute atomic E-state index is 0.0769. The number of amides is 2. The Labute approximate surface area is 171 Å². The number of rotatable bonds is 6. The molecule has 1 saturated heterocycles. The predicted molar refractivity (Wildman–Crippen MR) is 113 cm³/mol. The number of carbonyl (C=O) groups excluding carboxylic acids is 1. The first-order chi connectivity index (χ1) is 13.9. The van der Waals surface area contributed by atoms with Gasteiger partial charge in [0.2, 0.25) is 0 Å². The molecular formula is C21H31N5O3. The van der Waals surface area contributed by atoms with Crippen molar-refractivity contribution in [2.45, 2.75) is 52.6 Å². The highest BCUT2D eigenvalue weighted by Gasteiger charge is 2.28. The van der Waals surface area contributed by atoms with Gasteiger partial charge in [0.05, 0.1) is 13.2 Å². The van der Waals surface area contributed by atoms with Crippen LogP contribution in [0, 0.1) is 13.8 Å². The molecule has 29 heavy (non-hydrogen) atoms. The summed E-state index contributed by atoms with van der Waals surface area (Å²) in [5.74, 6) is 1.000. The summed E-state index contributed by atoms with van der Waals surface area (Å²) < 4.78 is 8.30. The molecule has 0 radical (unpaired) electrons. The van der Waals surface area contributed by atoms with E-state index in [0.717, 1.165) is 35.5 Å². The van der Waals surface area contributed by atoms with Crippen LogP contribution in [0.5, 0.6) is 0 Å². The van der Waals surface area contributed by atoms with Crippen molar-refractivity contribution in [2.75, 3.05) is 32.1 Å². The molecule has 2 amide bonds. The highest BCUT2D eigenvalue weighted by Crippen LogP contribution is 2.26. The molecule has 0 spiro atoms. The van der Waals surface area contributed by atoms with Crippen LogP contribution < -0.4 is 11.0 Å². The van der Waals surface area contributed by atoms with Crippen molar-refractivity contribution in [2.24, 2.45) is 0 Å². The standard InChI is InChI=1S/C21H31N5O3/c1-5-25-19(23-26(21(25)28)10-11-29-4)17-6-8-24(9-7-17)20(27)22-18-13-15(2)12-16(3)14-18/h12-14,17H,5-11H2,1-4H3,(H,22,27). The molecule has 0 unspecified atom stereocenters.